The summed E-state index contributed by atoms with van der Waals surface area (Å²) in [6.45, 7) is 2.68. The van der Waals surface area contributed by atoms with Gasteiger partial charge in [-0.1, -0.05) is 24.3 Å². The van der Waals surface area contributed by atoms with Gasteiger partial charge in [0.15, 0.2) is 5.82 Å². The Labute approximate surface area is 232 Å². The van der Waals surface area contributed by atoms with Crippen molar-refractivity contribution in [1.29, 1.82) is 0 Å². The van der Waals surface area contributed by atoms with Gasteiger partial charge in [0.25, 0.3) is 0 Å². The second-order valence-electron chi connectivity index (χ2n) is 10.4. The van der Waals surface area contributed by atoms with E-state index in [1.165, 1.54) is 0 Å². The van der Waals surface area contributed by atoms with Crippen LogP contribution in [0.25, 0.3) is 22.4 Å². The molecule has 1 atom stereocenters. The zero-order chi connectivity index (χ0) is 28.1. The van der Waals surface area contributed by atoms with E-state index in [9.17, 15) is 14.7 Å². The number of nitrogens with zero attached hydrogens (tertiary/aromatic N) is 3. The quantitative estimate of drug-likeness (QED) is 0.262. The minimum absolute atomic E-state index is 0.0117. The van der Waals surface area contributed by atoms with E-state index in [0.717, 1.165) is 50.0 Å². The van der Waals surface area contributed by atoms with Gasteiger partial charge in [0.2, 0.25) is 5.91 Å². The van der Waals surface area contributed by atoms with Crippen molar-refractivity contribution in [3.63, 3.8) is 0 Å². The van der Waals surface area contributed by atoms with Crippen molar-refractivity contribution in [2.75, 3.05) is 36.8 Å². The molecule has 11 heteroatoms. The number of benzene rings is 2. The number of carboxylic acid groups (broad SMARTS) is 1. The first-order chi connectivity index (χ1) is 19.4. The van der Waals surface area contributed by atoms with Gasteiger partial charge in [-0.15, -0.1) is 10.2 Å². The molecule has 40 heavy (non-hydrogen) atoms. The maximum Gasteiger partial charge on any atom is 0.404 e. The average molecular weight is 546 g/mol. The first-order valence-electron chi connectivity index (χ1n) is 13.7. The second kappa shape index (κ2) is 12.3. The third-order valence-corrected chi connectivity index (χ3v) is 7.71. The number of piperazine rings is 1. The van der Waals surface area contributed by atoms with Crippen LogP contribution in [0.5, 0.6) is 5.75 Å². The Hall–Kier alpha value is -4.22. The van der Waals surface area contributed by atoms with Crippen molar-refractivity contribution in [2.45, 2.75) is 37.8 Å². The standard InChI is InChI=1S/C29H35N7O4/c30-27-23(15-24(34-35-27)22-3-1-2-4-26(22)37)19-7-11-21(12-8-19)36(28(38)25-16-31-13-14-32-25)17-18-5-9-20(10-6-18)33-29(39)40/h1-4,7-8,11-12,15,18,20,25,31-33,37H,5-6,9-10,13-14,16-17H2,(H2,30,35)(H,39,40). The van der Waals surface area contributed by atoms with Crippen LogP contribution >= 0.6 is 0 Å². The van der Waals surface area contributed by atoms with Crippen molar-refractivity contribution >= 4 is 23.5 Å². The van der Waals surface area contributed by atoms with Gasteiger partial charge in [-0.25, -0.2) is 4.79 Å². The number of phenolic OH excluding ortho intramolecular Hbond substituents is 1. The highest BCUT2D eigenvalue weighted by Crippen LogP contribution is 2.33. The van der Waals surface area contributed by atoms with Crippen LogP contribution in [0.15, 0.2) is 54.6 Å². The van der Waals surface area contributed by atoms with Gasteiger partial charge in [0, 0.05) is 49.0 Å². The van der Waals surface area contributed by atoms with Crippen LogP contribution < -0.4 is 26.6 Å². The average Bonchev–Trinajstić information content (AvgIpc) is 2.97. The van der Waals surface area contributed by atoms with Gasteiger partial charge in [-0.2, -0.15) is 0 Å². The number of phenols is 1. The summed E-state index contributed by atoms with van der Waals surface area (Å²) in [5.74, 6) is 0.658. The van der Waals surface area contributed by atoms with Crippen molar-refractivity contribution in [3.8, 4) is 28.1 Å². The zero-order valence-electron chi connectivity index (χ0n) is 22.2. The topological polar surface area (TPSA) is 166 Å². The lowest BCUT2D eigenvalue weighted by Crippen LogP contribution is -2.57. The van der Waals surface area contributed by atoms with Crippen LogP contribution in [0.2, 0.25) is 0 Å². The van der Waals surface area contributed by atoms with Crippen LogP contribution in [0.4, 0.5) is 16.3 Å². The fraction of sp³-hybridized carbons (Fsp3) is 0.379. The summed E-state index contributed by atoms with van der Waals surface area (Å²) in [4.78, 5) is 26.6. The Morgan fingerprint density at radius 3 is 2.42 bits per heavy atom. The third kappa shape index (κ3) is 6.32. The SMILES string of the molecule is Nc1nnc(-c2ccccc2O)cc1-c1ccc(N(CC2CCC(NC(=O)O)CC2)C(=O)C2CNCCN2)cc1. The molecule has 210 valence electrons. The number of aromatic hydroxyl groups is 1. The number of nitrogens with two attached hydrogens (primary N) is 1. The lowest BCUT2D eigenvalue weighted by atomic mass is 9.85. The first-order valence-corrected chi connectivity index (χ1v) is 13.7. The minimum atomic E-state index is -0.992. The summed E-state index contributed by atoms with van der Waals surface area (Å²) in [5.41, 5.74) is 9.54. The van der Waals surface area contributed by atoms with E-state index in [1.807, 2.05) is 35.2 Å². The largest absolute Gasteiger partial charge is 0.507 e. The van der Waals surface area contributed by atoms with Gasteiger partial charge < -0.3 is 36.8 Å². The number of anilines is 2. The number of hydrogen-bond acceptors (Lipinski definition) is 8. The predicted molar refractivity (Wildman–Crippen MR) is 153 cm³/mol. The van der Waals surface area contributed by atoms with Crippen molar-refractivity contribution in [3.05, 3.63) is 54.6 Å². The number of aromatic nitrogens is 2. The molecule has 1 aromatic heterocycles. The molecule has 2 aromatic carbocycles. The smallest absolute Gasteiger partial charge is 0.404 e. The molecule has 0 radical (unpaired) electrons. The summed E-state index contributed by atoms with van der Waals surface area (Å²) in [6, 6.07) is 16.0. The van der Waals surface area contributed by atoms with Gasteiger partial charge in [-0.3, -0.25) is 4.79 Å². The molecule has 7 N–H and O–H groups in total. The molecule has 1 saturated heterocycles. The van der Waals surface area contributed by atoms with Crippen LogP contribution in [0.3, 0.4) is 0 Å². The summed E-state index contributed by atoms with van der Waals surface area (Å²) < 4.78 is 0. The molecular weight excluding hydrogens is 510 g/mol. The van der Waals surface area contributed by atoms with Crippen molar-refractivity contribution < 1.29 is 19.8 Å². The van der Waals surface area contributed by atoms with E-state index in [4.69, 9.17) is 10.8 Å². The van der Waals surface area contributed by atoms with Crippen LogP contribution in [0, 0.1) is 5.92 Å². The molecule has 1 saturated carbocycles. The van der Waals surface area contributed by atoms with Crippen LogP contribution in [-0.2, 0) is 4.79 Å². The molecule has 0 bridgehead atoms. The molecule has 5 rings (SSSR count). The summed E-state index contributed by atoms with van der Waals surface area (Å²) in [7, 11) is 0. The molecule has 2 fully saturated rings. The van der Waals surface area contributed by atoms with Gasteiger partial charge >= 0.3 is 6.09 Å². The molecule has 2 heterocycles. The Morgan fingerprint density at radius 1 is 1.00 bits per heavy atom. The molecule has 1 aliphatic heterocycles. The molecular formula is C29H35N7O4. The lowest BCUT2D eigenvalue weighted by molar-refractivity contribution is -0.121. The minimum Gasteiger partial charge on any atom is -0.507 e. The number of hydrogen-bond donors (Lipinski definition) is 6. The highest BCUT2D eigenvalue weighted by molar-refractivity contribution is 5.98. The number of nitrogens with one attached hydrogen (secondary N) is 3. The zero-order valence-corrected chi connectivity index (χ0v) is 22.2. The Kier molecular flexibility index (Phi) is 8.42. The fourth-order valence-corrected chi connectivity index (χ4v) is 5.54. The van der Waals surface area contributed by atoms with Crippen LogP contribution in [0.1, 0.15) is 25.7 Å². The molecule has 0 spiro atoms. The molecule has 2 aliphatic rings. The number of rotatable bonds is 7. The highest BCUT2D eigenvalue weighted by atomic mass is 16.4. The van der Waals surface area contributed by atoms with Crippen molar-refractivity contribution in [2.24, 2.45) is 5.92 Å². The van der Waals surface area contributed by atoms with E-state index in [1.54, 1.807) is 24.3 Å². The highest BCUT2D eigenvalue weighted by Gasteiger charge is 2.30. The first kappa shape index (κ1) is 27.4. The number of para-hydroxylation sites is 1. The molecule has 3 aromatic rings. The fourth-order valence-electron chi connectivity index (χ4n) is 5.54. The number of nitrogen functional groups attached to an aromatic ring is 1. The maximum absolute atomic E-state index is 13.7. The number of carbonyl (C=O) groups excluding carboxylic acids is 1. The van der Waals surface area contributed by atoms with E-state index >= 15 is 0 Å². The molecule has 1 aliphatic carbocycles. The van der Waals surface area contributed by atoms with Gasteiger partial charge in [0.05, 0.1) is 11.7 Å². The summed E-state index contributed by atoms with van der Waals surface area (Å²) >= 11 is 0. The normalized spacial score (nSPS) is 20.9. The number of amides is 2. The van der Waals surface area contributed by atoms with Gasteiger partial charge in [-0.05, 0) is 67.5 Å². The molecule has 11 nitrogen and oxygen atoms in total. The Balaban J connectivity index is 1.38. The lowest BCUT2D eigenvalue weighted by Gasteiger charge is -2.35. The Morgan fingerprint density at radius 2 is 1.75 bits per heavy atom. The Bertz CT molecular complexity index is 1340. The van der Waals surface area contributed by atoms with E-state index in [-0.39, 0.29) is 35.5 Å². The monoisotopic (exact) mass is 545 g/mol. The second-order valence-corrected chi connectivity index (χ2v) is 10.4. The molecule has 2 amide bonds. The van der Waals surface area contributed by atoms with Crippen LogP contribution in [-0.4, -0.2) is 70.7 Å². The summed E-state index contributed by atoms with van der Waals surface area (Å²) in [6.07, 6.45) is 2.22. The van der Waals surface area contributed by atoms with Gasteiger partial charge in [0.1, 0.15) is 5.75 Å². The third-order valence-electron chi connectivity index (χ3n) is 7.71. The van der Waals surface area contributed by atoms with Crippen molar-refractivity contribution in [1.82, 2.24) is 26.1 Å². The maximum atomic E-state index is 13.7. The summed E-state index contributed by atoms with van der Waals surface area (Å²) in [5, 5.41) is 36.8. The number of carbonyl (C=O) groups is 2. The van der Waals surface area contributed by atoms with E-state index < -0.39 is 6.09 Å². The van der Waals surface area contributed by atoms with E-state index in [2.05, 4.69) is 26.1 Å². The molecule has 1 unspecified atom stereocenters. The predicted octanol–water partition coefficient (Wildman–Crippen LogP) is 2.82. The van der Waals surface area contributed by atoms with E-state index in [0.29, 0.717) is 29.9 Å².